The number of nitrogens with zero attached hydrogens (tertiary/aromatic N) is 3. The van der Waals surface area contributed by atoms with Crippen LogP contribution in [-0.2, 0) is 0 Å². The first-order chi connectivity index (χ1) is 12.5. The van der Waals surface area contributed by atoms with Crippen molar-refractivity contribution in [3.05, 3.63) is 47.4 Å². The van der Waals surface area contributed by atoms with Gasteiger partial charge in [0.1, 0.15) is 0 Å². The number of hydrogen-bond donors (Lipinski definition) is 1. The van der Waals surface area contributed by atoms with E-state index in [0.717, 1.165) is 36.7 Å². The van der Waals surface area contributed by atoms with Crippen LogP contribution >= 0.6 is 0 Å². The van der Waals surface area contributed by atoms with Crippen molar-refractivity contribution in [1.82, 2.24) is 14.9 Å². The lowest BCUT2D eigenvalue weighted by atomic mass is 9.96. The van der Waals surface area contributed by atoms with Gasteiger partial charge in [-0.2, -0.15) is 0 Å². The number of methoxy groups -OCH3 is 1. The first kappa shape index (κ1) is 18.6. The second-order valence-electron chi connectivity index (χ2n) is 7.30. The topological polar surface area (TPSA) is 50.3 Å². The molecule has 2 aromatic heterocycles. The van der Waals surface area contributed by atoms with Crippen LogP contribution in [0.3, 0.4) is 0 Å². The normalized spacial score (nSPS) is 19.2. The van der Waals surface area contributed by atoms with Gasteiger partial charge in [0, 0.05) is 42.3 Å². The van der Waals surface area contributed by atoms with Crippen molar-refractivity contribution in [2.45, 2.75) is 39.7 Å². The maximum Gasteiger partial charge on any atom is 0.213 e. The highest BCUT2D eigenvalue weighted by atomic mass is 16.5. The SMILES string of the molecule is COc1cccc([C@H](C)N2CCC[C@H](CNc3cc(C)nc(C)c3)C2)n1. The van der Waals surface area contributed by atoms with Crippen molar-refractivity contribution in [2.75, 3.05) is 32.1 Å². The Kier molecular flexibility index (Phi) is 6.09. The van der Waals surface area contributed by atoms with Crippen LogP contribution in [0, 0.1) is 19.8 Å². The highest BCUT2D eigenvalue weighted by Crippen LogP contribution is 2.27. The van der Waals surface area contributed by atoms with Gasteiger partial charge >= 0.3 is 0 Å². The summed E-state index contributed by atoms with van der Waals surface area (Å²) in [6.07, 6.45) is 2.50. The minimum Gasteiger partial charge on any atom is -0.481 e. The molecule has 140 valence electrons. The van der Waals surface area contributed by atoms with Gasteiger partial charge in [-0.1, -0.05) is 6.07 Å². The highest BCUT2D eigenvalue weighted by Gasteiger charge is 2.25. The average Bonchev–Trinajstić information content (AvgIpc) is 2.65. The van der Waals surface area contributed by atoms with Crippen molar-refractivity contribution in [1.29, 1.82) is 0 Å². The second-order valence-corrected chi connectivity index (χ2v) is 7.30. The zero-order valence-electron chi connectivity index (χ0n) is 16.3. The number of likely N-dealkylation sites (tertiary alicyclic amines) is 1. The van der Waals surface area contributed by atoms with Gasteiger partial charge in [-0.05, 0) is 64.3 Å². The third-order valence-corrected chi connectivity index (χ3v) is 5.16. The summed E-state index contributed by atoms with van der Waals surface area (Å²) < 4.78 is 5.28. The van der Waals surface area contributed by atoms with E-state index in [4.69, 9.17) is 4.74 Å². The van der Waals surface area contributed by atoms with E-state index in [1.165, 1.54) is 18.5 Å². The van der Waals surface area contributed by atoms with Crippen LogP contribution in [0.15, 0.2) is 30.3 Å². The summed E-state index contributed by atoms with van der Waals surface area (Å²) in [6.45, 7) is 9.55. The summed E-state index contributed by atoms with van der Waals surface area (Å²) in [6, 6.07) is 10.6. The molecule has 5 heteroatoms. The average molecular weight is 354 g/mol. The molecule has 26 heavy (non-hydrogen) atoms. The van der Waals surface area contributed by atoms with Gasteiger partial charge in [0.15, 0.2) is 0 Å². The van der Waals surface area contributed by atoms with E-state index >= 15 is 0 Å². The molecule has 1 N–H and O–H groups in total. The Morgan fingerprint density at radius 3 is 2.73 bits per heavy atom. The lowest BCUT2D eigenvalue weighted by molar-refractivity contribution is 0.133. The molecule has 0 aromatic carbocycles. The van der Waals surface area contributed by atoms with Gasteiger partial charge in [0.2, 0.25) is 5.88 Å². The zero-order chi connectivity index (χ0) is 18.5. The summed E-state index contributed by atoms with van der Waals surface area (Å²) in [5.74, 6) is 1.33. The fraction of sp³-hybridized carbons (Fsp3) is 0.524. The molecule has 0 aliphatic carbocycles. The molecule has 2 atom stereocenters. The van der Waals surface area contributed by atoms with E-state index in [2.05, 4.69) is 45.3 Å². The quantitative estimate of drug-likeness (QED) is 0.850. The lowest BCUT2D eigenvalue weighted by Crippen LogP contribution is -2.39. The minimum absolute atomic E-state index is 0.304. The summed E-state index contributed by atoms with van der Waals surface area (Å²) in [7, 11) is 1.67. The van der Waals surface area contributed by atoms with E-state index in [9.17, 15) is 0 Å². The third-order valence-electron chi connectivity index (χ3n) is 5.16. The van der Waals surface area contributed by atoms with Crippen molar-refractivity contribution < 1.29 is 4.74 Å². The Balaban J connectivity index is 1.59. The van der Waals surface area contributed by atoms with E-state index < -0.39 is 0 Å². The van der Waals surface area contributed by atoms with Crippen LogP contribution in [0.25, 0.3) is 0 Å². The molecule has 2 aromatic rings. The van der Waals surface area contributed by atoms with Crippen molar-refractivity contribution in [3.63, 3.8) is 0 Å². The lowest BCUT2D eigenvalue weighted by Gasteiger charge is -2.36. The predicted octanol–water partition coefficient (Wildman–Crippen LogP) is 3.99. The number of anilines is 1. The Hall–Kier alpha value is -2.14. The summed E-state index contributed by atoms with van der Waals surface area (Å²) >= 11 is 0. The predicted molar refractivity (Wildman–Crippen MR) is 106 cm³/mol. The molecular weight excluding hydrogens is 324 g/mol. The number of piperidine rings is 1. The number of nitrogens with one attached hydrogen (secondary N) is 1. The molecule has 0 spiro atoms. The zero-order valence-corrected chi connectivity index (χ0v) is 16.3. The van der Waals surface area contributed by atoms with Crippen LogP contribution in [0.4, 0.5) is 5.69 Å². The minimum atomic E-state index is 0.304. The number of ether oxygens (including phenoxy) is 1. The first-order valence-electron chi connectivity index (χ1n) is 9.49. The summed E-state index contributed by atoms with van der Waals surface area (Å²) in [4.78, 5) is 11.6. The highest BCUT2D eigenvalue weighted by molar-refractivity contribution is 5.45. The van der Waals surface area contributed by atoms with Gasteiger partial charge in [-0.3, -0.25) is 9.88 Å². The van der Waals surface area contributed by atoms with Gasteiger partial charge in [0.05, 0.1) is 12.8 Å². The standard InChI is InChI=1S/C21H30N4O/c1-15-11-19(12-16(2)23-15)22-13-18-7-6-10-25(14-18)17(3)20-8-5-9-21(24-20)26-4/h5,8-9,11-12,17-18H,6-7,10,13-14H2,1-4H3,(H,22,23)/t17-,18+/m0/s1. The van der Waals surface area contributed by atoms with Crippen molar-refractivity contribution >= 4 is 5.69 Å². The summed E-state index contributed by atoms with van der Waals surface area (Å²) in [5, 5.41) is 3.61. The smallest absolute Gasteiger partial charge is 0.213 e. The van der Waals surface area contributed by atoms with Crippen molar-refractivity contribution in [3.8, 4) is 5.88 Å². The van der Waals surface area contributed by atoms with Gasteiger partial charge in [-0.15, -0.1) is 0 Å². The number of hydrogen-bond acceptors (Lipinski definition) is 5. The van der Waals surface area contributed by atoms with Gasteiger partial charge in [-0.25, -0.2) is 4.98 Å². The maximum absolute atomic E-state index is 5.28. The molecular formula is C21H30N4O. The van der Waals surface area contributed by atoms with E-state index in [-0.39, 0.29) is 0 Å². The second kappa shape index (κ2) is 8.49. The molecule has 3 heterocycles. The molecule has 3 rings (SSSR count). The van der Waals surface area contributed by atoms with E-state index in [1.807, 2.05) is 26.0 Å². The van der Waals surface area contributed by atoms with E-state index in [1.54, 1.807) is 7.11 Å². The molecule has 1 aliphatic rings. The third kappa shape index (κ3) is 4.73. The Labute approximate surface area is 156 Å². The Morgan fingerprint density at radius 1 is 1.23 bits per heavy atom. The van der Waals surface area contributed by atoms with Gasteiger partial charge < -0.3 is 10.1 Å². The number of aryl methyl sites for hydroxylation is 2. The Morgan fingerprint density at radius 2 is 2.00 bits per heavy atom. The molecule has 5 nitrogen and oxygen atoms in total. The number of pyridine rings is 2. The largest absolute Gasteiger partial charge is 0.481 e. The molecule has 1 aliphatic heterocycles. The fourth-order valence-electron chi connectivity index (χ4n) is 3.78. The first-order valence-corrected chi connectivity index (χ1v) is 9.49. The van der Waals surface area contributed by atoms with Gasteiger partial charge in [0.25, 0.3) is 0 Å². The molecule has 0 unspecified atom stereocenters. The molecule has 1 fully saturated rings. The Bertz CT molecular complexity index is 713. The molecule has 0 amide bonds. The molecule has 0 saturated carbocycles. The monoisotopic (exact) mass is 354 g/mol. The van der Waals surface area contributed by atoms with Crippen LogP contribution in [0.2, 0.25) is 0 Å². The number of aromatic nitrogens is 2. The maximum atomic E-state index is 5.28. The summed E-state index contributed by atoms with van der Waals surface area (Å²) in [5.41, 5.74) is 4.39. The molecule has 0 radical (unpaired) electrons. The number of rotatable bonds is 6. The van der Waals surface area contributed by atoms with Crippen LogP contribution in [0.1, 0.15) is 42.9 Å². The van der Waals surface area contributed by atoms with Crippen LogP contribution < -0.4 is 10.1 Å². The molecule has 0 bridgehead atoms. The van der Waals surface area contributed by atoms with E-state index in [0.29, 0.717) is 17.8 Å². The molecule has 1 saturated heterocycles. The fourth-order valence-corrected chi connectivity index (χ4v) is 3.78. The van der Waals surface area contributed by atoms with Crippen LogP contribution in [-0.4, -0.2) is 41.6 Å². The van der Waals surface area contributed by atoms with Crippen molar-refractivity contribution in [2.24, 2.45) is 5.92 Å². The van der Waals surface area contributed by atoms with Crippen LogP contribution in [0.5, 0.6) is 5.88 Å².